The van der Waals surface area contributed by atoms with Crippen LogP contribution in [0.25, 0.3) is 0 Å². The molecule has 0 aromatic heterocycles. The Morgan fingerprint density at radius 1 is 0.415 bits per heavy atom. The molecule has 0 spiro atoms. The molecular formula is C18H33AlO21Zn. The maximum atomic E-state index is 9.98. The fraction of sp³-hybridized carbons (Fsp3) is 0.833. The van der Waals surface area contributed by atoms with Crippen LogP contribution in [0.15, 0.2) is 0 Å². The van der Waals surface area contributed by atoms with E-state index < -0.39 is 111 Å². The number of carboxylic acid groups (broad SMARTS) is 3. The van der Waals surface area contributed by atoms with Crippen molar-refractivity contribution in [3.8, 4) is 0 Å². The first kappa shape index (κ1) is 49.6. The Hall–Kier alpha value is -1.03. The average molecular weight is 678 g/mol. The Labute approximate surface area is 253 Å². The van der Waals surface area contributed by atoms with Gasteiger partial charge in [-0.1, -0.05) is 0 Å². The van der Waals surface area contributed by atoms with Gasteiger partial charge in [0.1, 0.15) is 73.2 Å². The van der Waals surface area contributed by atoms with Gasteiger partial charge in [-0.25, -0.2) is 0 Å². The molecule has 236 valence electrons. The zero-order valence-electron chi connectivity index (χ0n) is 21.0. The van der Waals surface area contributed by atoms with E-state index in [1.165, 1.54) is 0 Å². The number of aliphatic hydroxyl groups excluding tert-OH is 15. The molecule has 12 atom stereocenters. The van der Waals surface area contributed by atoms with E-state index in [0.29, 0.717) is 0 Å². The number of rotatable bonds is 15. The number of carbonyl (C=O) groups is 3. The summed E-state index contributed by atoms with van der Waals surface area (Å²) in [5.74, 6) is -5.93. The summed E-state index contributed by atoms with van der Waals surface area (Å²) in [6.45, 7) is -2.59. The molecule has 0 bridgehead atoms. The van der Waals surface area contributed by atoms with Crippen molar-refractivity contribution in [2.45, 2.75) is 73.2 Å². The summed E-state index contributed by atoms with van der Waals surface area (Å²) in [6, 6.07) is 0. The minimum Gasteiger partial charge on any atom is -0.547 e. The molecule has 0 aromatic rings. The summed E-state index contributed by atoms with van der Waals surface area (Å²) >= 11 is 0. The normalized spacial score (nSPS) is 19.4. The first-order chi connectivity index (χ1) is 17.7. The molecule has 0 fully saturated rings. The Bertz CT molecular complexity index is 615. The van der Waals surface area contributed by atoms with Gasteiger partial charge in [0.2, 0.25) is 0 Å². The van der Waals surface area contributed by atoms with Crippen LogP contribution in [0.2, 0.25) is 0 Å². The maximum absolute atomic E-state index is 9.98. The molecule has 15 N–H and O–H groups in total. The molecule has 0 saturated heterocycles. The average Bonchev–Trinajstić information content (AvgIpc) is 2.92. The molecule has 0 heterocycles. The molecule has 23 heteroatoms. The molecular weight excluding hydrogens is 645 g/mol. The fourth-order valence-electron chi connectivity index (χ4n) is 1.99. The van der Waals surface area contributed by atoms with Gasteiger partial charge in [-0.15, -0.1) is 0 Å². The Balaban J connectivity index is -0.000000154. The second kappa shape index (κ2) is 25.5. The summed E-state index contributed by atoms with van der Waals surface area (Å²) in [5.41, 5.74) is 0. The molecule has 0 amide bonds. The van der Waals surface area contributed by atoms with Crippen LogP contribution in [-0.2, 0) is 33.9 Å². The van der Waals surface area contributed by atoms with Gasteiger partial charge in [-0.05, 0) is 0 Å². The molecule has 0 radical (unpaired) electrons. The van der Waals surface area contributed by atoms with Gasteiger partial charge >= 0.3 is 17.4 Å². The molecule has 0 rings (SSSR count). The van der Waals surface area contributed by atoms with Crippen LogP contribution >= 0.6 is 0 Å². The second-order valence-corrected chi connectivity index (χ2v) is 7.48. The van der Waals surface area contributed by atoms with E-state index in [0.717, 1.165) is 0 Å². The quantitative estimate of drug-likeness (QED) is 0.0715. The molecule has 0 aromatic carbocycles. The number of carboxylic acids is 3. The molecule has 21 nitrogen and oxygen atoms in total. The van der Waals surface area contributed by atoms with Crippen molar-refractivity contribution in [3.63, 3.8) is 0 Å². The summed E-state index contributed by atoms with van der Waals surface area (Å²) < 4.78 is 0. The van der Waals surface area contributed by atoms with Gasteiger partial charge in [-0.3, -0.25) is 0 Å². The monoisotopic (exact) mass is 676 g/mol. The van der Waals surface area contributed by atoms with Crippen LogP contribution in [0, 0.1) is 0 Å². The van der Waals surface area contributed by atoms with E-state index >= 15 is 0 Å². The second-order valence-electron chi connectivity index (χ2n) is 7.48. The number of carbonyl (C=O) groups excluding carboxylic acids is 3. The third-order valence-electron chi connectivity index (χ3n) is 4.49. The van der Waals surface area contributed by atoms with Crippen LogP contribution in [0.5, 0.6) is 0 Å². The van der Waals surface area contributed by atoms with Gasteiger partial charge in [0.15, 0.2) is 0 Å². The maximum Gasteiger partial charge on any atom is 3.00 e. The first-order valence-corrected chi connectivity index (χ1v) is 10.4. The van der Waals surface area contributed by atoms with Crippen LogP contribution in [-0.4, -0.2) is 205 Å². The van der Waals surface area contributed by atoms with Crippen molar-refractivity contribution in [2.75, 3.05) is 19.8 Å². The number of hydrogen-bond donors (Lipinski definition) is 15. The zero-order chi connectivity index (χ0) is 31.8. The molecule has 0 unspecified atom stereocenters. The van der Waals surface area contributed by atoms with Crippen LogP contribution < -0.4 is 15.3 Å². The minimum absolute atomic E-state index is 0. The summed E-state index contributed by atoms with van der Waals surface area (Å²) in [4.78, 5) is 29.9. The van der Waals surface area contributed by atoms with E-state index in [1.54, 1.807) is 0 Å². The first-order valence-electron chi connectivity index (χ1n) is 10.4. The smallest absolute Gasteiger partial charge is 0.547 e. The van der Waals surface area contributed by atoms with E-state index in [4.69, 9.17) is 76.6 Å². The molecule has 0 aliphatic heterocycles. The van der Waals surface area contributed by atoms with E-state index in [1.807, 2.05) is 0 Å². The topological polar surface area (TPSA) is 424 Å². The van der Waals surface area contributed by atoms with E-state index in [2.05, 4.69) is 0 Å². The van der Waals surface area contributed by atoms with Gasteiger partial charge in [0.05, 0.1) is 37.7 Å². The van der Waals surface area contributed by atoms with Crippen LogP contribution in [0.1, 0.15) is 0 Å². The molecule has 0 aliphatic rings. The Morgan fingerprint density at radius 3 is 0.659 bits per heavy atom. The zero-order valence-corrected chi connectivity index (χ0v) is 25.1. The SMILES string of the molecule is O=C([O-])[C@H](O)[C@@H](O)[C@H](O)[C@H](O)CO.O=C([O-])[C@H](O)[C@@H](O)[C@H](O)[C@H](O)CO.O=C([O-])[C@H](O)[C@@H](O)[C@H](O)[C@H](O)CO.[Al+3].[Zn]. The van der Waals surface area contributed by atoms with E-state index in [-0.39, 0.29) is 36.8 Å². The number of aliphatic carboxylic acids is 3. The molecule has 0 saturated carbocycles. The number of hydrogen-bond acceptors (Lipinski definition) is 21. The van der Waals surface area contributed by atoms with Crippen molar-refractivity contribution < 1.29 is 126 Å². The fourth-order valence-corrected chi connectivity index (χ4v) is 1.99. The molecule has 41 heavy (non-hydrogen) atoms. The van der Waals surface area contributed by atoms with Crippen molar-refractivity contribution >= 4 is 35.3 Å². The van der Waals surface area contributed by atoms with Crippen molar-refractivity contribution in [1.29, 1.82) is 0 Å². The third kappa shape index (κ3) is 19.0. The predicted molar refractivity (Wildman–Crippen MR) is 114 cm³/mol. The van der Waals surface area contributed by atoms with Crippen LogP contribution in [0.3, 0.4) is 0 Å². The van der Waals surface area contributed by atoms with Crippen molar-refractivity contribution in [1.82, 2.24) is 0 Å². The summed E-state index contributed by atoms with van der Waals surface area (Å²) in [5, 5.41) is 160. The standard InChI is InChI=1S/3C6H12O7.Al.Zn/c3*7-1-2(8)3(9)4(10)5(11)6(12)13;;/h3*2-5,7-11H,1H2,(H,12,13);;/q;;;+3;/p-3/t3*2-,3-,4+,5-;;/m111../s1. The van der Waals surface area contributed by atoms with Gasteiger partial charge in [-0.2, -0.15) is 0 Å². The Kier molecular flexibility index (Phi) is 30.8. The van der Waals surface area contributed by atoms with Crippen LogP contribution in [0.4, 0.5) is 0 Å². The van der Waals surface area contributed by atoms with Crippen molar-refractivity contribution in [2.24, 2.45) is 0 Å². The van der Waals surface area contributed by atoms with Crippen molar-refractivity contribution in [3.05, 3.63) is 0 Å². The third-order valence-corrected chi connectivity index (χ3v) is 4.49. The number of aliphatic hydroxyl groups is 15. The molecule has 0 aliphatic carbocycles. The van der Waals surface area contributed by atoms with Gasteiger partial charge < -0.3 is 106 Å². The predicted octanol–water partition coefficient (Wildman–Crippen LogP) is -14.9. The van der Waals surface area contributed by atoms with Gasteiger partial charge in [0, 0.05) is 19.5 Å². The largest absolute Gasteiger partial charge is 3.00 e. The van der Waals surface area contributed by atoms with E-state index in [9.17, 15) is 29.7 Å². The Morgan fingerprint density at radius 2 is 0.561 bits per heavy atom. The van der Waals surface area contributed by atoms with Gasteiger partial charge in [0.25, 0.3) is 0 Å². The summed E-state index contributed by atoms with van der Waals surface area (Å²) in [6.07, 6.45) is -24.2. The summed E-state index contributed by atoms with van der Waals surface area (Å²) in [7, 11) is 0. The minimum atomic E-state index is -2.31.